The molecule has 1 aromatic rings. The number of hydrogen-bond donors (Lipinski definition) is 0. The number of aryl methyl sites for hydroxylation is 1. The highest BCUT2D eigenvalue weighted by Crippen LogP contribution is 2.12. The summed E-state index contributed by atoms with van der Waals surface area (Å²) in [6.07, 6.45) is 2.35. The van der Waals surface area contributed by atoms with Crippen LogP contribution < -0.4 is 0 Å². The smallest absolute Gasteiger partial charge is 0.236 e. The van der Waals surface area contributed by atoms with Gasteiger partial charge in [-0.25, -0.2) is 0 Å². The summed E-state index contributed by atoms with van der Waals surface area (Å²) in [6, 6.07) is 8.75. The van der Waals surface area contributed by atoms with Gasteiger partial charge in [0, 0.05) is 45.8 Å². The van der Waals surface area contributed by atoms with Crippen LogP contribution in [0, 0.1) is 6.92 Å². The number of carbonyl (C=O) groups is 1. The molecule has 0 saturated carbocycles. The third-order valence-electron chi connectivity index (χ3n) is 4.77. The molecule has 2 saturated heterocycles. The van der Waals surface area contributed by atoms with E-state index in [9.17, 15) is 4.79 Å². The molecule has 0 spiro atoms. The lowest BCUT2D eigenvalue weighted by atomic mass is 10.1. The first kappa shape index (κ1) is 15.5. The minimum absolute atomic E-state index is 0.324. The number of carbonyl (C=O) groups excluding carboxylic acids is 1. The summed E-state index contributed by atoms with van der Waals surface area (Å²) >= 11 is 0. The predicted octanol–water partition coefficient (Wildman–Crippen LogP) is 1.74. The Labute approximate surface area is 133 Å². The van der Waals surface area contributed by atoms with Crippen molar-refractivity contribution in [3.63, 3.8) is 0 Å². The molecule has 1 amide bonds. The van der Waals surface area contributed by atoms with Gasteiger partial charge in [0.1, 0.15) is 0 Å². The van der Waals surface area contributed by atoms with Crippen molar-refractivity contribution in [2.24, 2.45) is 0 Å². The van der Waals surface area contributed by atoms with Crippen LogP contribution in [0.3, 0.4) is 0 Å². The molecule has 4 heteroatoms. The van der Waals surface area contributed by atoms with Gasteiger partial charge in [-0.15, -0.1) is 0 Å². The lowest BCUT2D eigenvalue weighted by Crippen LogP contribution is -2.49. The Morgan fingerprint density at radius 1 is 1.00 bits per heavy atom. The molecule has 1 aromatic carbocycles. The standard InChI is InChI=1S/C18H27N3O/c1-16-5-4-6-17(13-16)14-19-9-11-20(12-10-19)15-18(22)21-7-2-3-8-21/h4-6,13H,2-3,7-12,14-15H2,1H3. The van der Waals surface area contributed by atoms with Crippen molar-refractivity contribution < 1.29 is 4.79 Å². The van der Waals surface area contributed by atoms with Gasteiger partial charge in [-0.2, -0.15) is 0 Å². The van der Waals surface area contributed by atoms with Gasteiger partial charge >= 0.3 is 0 Å². The van der Waals surface area contributed by atoms with E-state index < -0.39 is 0 Å². The number of rotatable bonds is 4. The van der Waals surface area contributed by atoms with E-state index in [0.29, 0.717) is 12.5 Å². The van der Waals surface area contributed by atoms with Gasteiger partial charge in [-0.1, -0.05) is 29.8 Å². The molecule has 2 aliphatic rings. The zero-order valence-corrected chi connectivity index (χ0v) is 13.6. The molecular formula is C18H27N3O. The zero-order chi connectivity index (χ0) is 15.4. The molecule has 0 radical (unpaired) electrons. The van der Waals surface area contributed by atoms with Crippen LogP contribution in [0.25, 0.3) is 0 Å². The number of piperazine rings is 1. The van der Waals surface area contributed by atoms with E-state index in [-0.39, 0.29) is 0 Å². The maximum absolute atomic E-state index is 12.2. The van der Waals surface area contributed by atoms with E-state index in [1.807, 2.05) is 4.90 Å². The largest absolute Gasteiger partial charge is 0.342 e. The van der Waals surface area contributed by atoms with Crippen molar-refractivity contribution in [1.29, 1.82) is 0 Å². The molecule has 2 heterocycles. The second-order valence-corrected chi connectivity index (χ2v) is 6.63. The Morgan fingerprint density at radius 2 is 1.68 bits per heavy atom. The maximum atomic E-state index is 12.2. The molecule has 0 N–H and O–H groups in total. The highest BCUT2D eigenvalue weighted by Gasteiger charge is 2.23. The van der Waals surface area contributed by atoms with Crippen molar-refractivity contribution in [3.05, 3.63) is 35.4 Å². The number of hydrogen-bond acceptors (Lipinski definition) is 3. The summed E-state index contributed by atoms with van der Waals surface area (Å²) in [5, 5.41) is 0. The first-order valence-corrected chi connectivity index (χ1v) is 8.49. The van der Waals surface area contributed by atoms with Gasteiger partial charge in [0.05, 0.1) is 6.54 Å². The Hall–Kier alpha value is -1.39. The van der Waals surface area contributed by atoms with Crippen LogP contribution in [0.5, 0.6) is 0 Å². The highest BCUT2D eigenvalue weighted by molar-refractivity contribution is 5.78. The monoisotopic (exact) mass is 301 g/mol. The van der Waals surface area contributed by atoms with Crippen LogP contribution in [0.2, 0.25) is 0 Å². The minimum atomic E-state index is 0.324. The Kier molecular flexibility index (Phi) is 5.11. The molecule has 22 heavy (non-hydrogen) atoms. The van der Waals surface area contributed by atoms with Crippen LogP contribution in [0.4, 0.5) is 0 Å². The van der Waals surface area contributed by atoms with E-state index in [1.54, 1.807) is 0 Å². The molecular weight excluding hydrogens is 274 g/mol. The van der Waals surface area contributed by atoms with E-state index in [2.05, 4.69) is 41.0 Å². The van der Waals surface area contributed by atoms with Crippen LogP contribution in [0.1, 0.15) is 24.0 Å². The molecule has 2 fully saturated rings. The lowest BCUT2D eigenvalue weighted by Gasteiger charge is -2.35. The highest BCUT2D eigenvalue weighted by atomic mass is 16.2. The Balaban J connectivity index is 1.43. The molecule has 120 valence electrons. The molecule has 3 rings (SSSR count). The molecule has 0 aliphatic carbocycles. The summed E-state index contributed by atoms with van der Waals surface area (Å²) in [6.45, 7) is 9.83. The zero-order valence-electron chi connectivity index (χ0n) is 13.6. The first-order chi connectivity index (χ1) is 10.7. The summed E-state index contributed by atoms with van der Waals surface area (Å²) in [5.41, 5.74) is 2.72. The topological polar surface area (TPSA) is 26.8 Å². The average molecular weight is 301 g/mol. The van der Waals surface area contributed by atoms with Crippen molar-refractivity contribution in [2.45, 2.75) is 26.3 Å². The summed E-state index contributed by atoms with van der Waals surface area (Å²) in [5.74, 6) is 0.324. The number of benzene rings is 1. The van der Waals surface area contributed by atoms with E-state index in [0.717, 1.165) is 45.8 Å². The average Bonchev–Trinajstić information content (AvgIpc) is 3.04. The van der Waals surface area contributed by atoms with Crippen molar-refractivity contribution >= 4 is 5.91 Å². The summed E-state index contributed by atoms with van der Waals surface area (Å²) in [4.78, 5) is 19.0. The molecule has 0 bridgehead atoms. The predicted molar refractivity (Wildman–Crippen MR) is 88.7 cm³/mol. The molecule has 0 aromatic heterocycles. The maximum Gasteiger partial charge on any atom is 0.236 e. The van der Waals surface area contributed by atoms with Crippen molar-refractivity contribution in [1.82, 2.24) is 14.7 Å². The van der Waals surface area contributed by atoms with Crippen LogP contribution in [-0.2, 0) is 11.3 Å². The van der Waals surface area contributed by atoms with E-state index in [1.165, 1.54) is 24.0 Å². The van der Waals surface area contributed by atoms with Crippen LogP contribution >= 0.6 is 0 Å². The molecule has 2 aliphatic heterocycles. The minimum Gasteiger partial charge on any atom is -0.342 e. The SMILES string of the molecule is Cc1cccc(CN2CCN(CC(=O)N3CCCC3)CC2)c1. The Bertz CT molecular complexity index is 503. The van der Waals surface area contributed by atoms with Crippen molar-refractivity contribution in [3.8, 4) is 0 Å². The second kappa shape index (κ2) is 7.25. The van der Waals surface area contributed by atoms with Crippen LogP contribution in [0.15, 0.2) is 24.3 Å². The van der Waals surface area contributed by atoms with Gasteiger partial charge in [0.2, 0.25) is 5.91 Å². The third kappa shape index (κ3) is 4.08. The number of amides is 1. The molecule has 0 atom stereocenters. The number of nitrogens with zero attached hydrogens (tertiary/aromatic N) is 3. The van der Waals surface area contributed by atoms with Crippen molar-refractivity contribution in [2.75, 3.05) is 45.8 Å². The lowest BCUT2D eigenvalue weighted by molar-refractivity contribution is -0.131. The molecule has 4 nitrogen and oxygen atoms in total. The van der Waals surface area contributed by atoms with Gasteiger partial charge in [0.15, 0.2) is 0 Å². The second-order valence-electron chi connectivity index (χ2n) is 6.63. The van der Waals surface area contributed by atoms with Gasteiger partial charge in [0.25, 0.3) is 0 Å². The van der Waals surface area contributed by atoms with E-state index >= 15 is 0 Å². The first-order valence-electron chi connectivity index (χ1n) is 8.49. The Morgan fingerprint density at radius 3 is 2.36 bits per heavy atom. The third-order valence-corrected chi connectivity index (χ3v) is 4.77. The van der Waals surface area contributed by atoms with Gasteiger partial charge in [-0.3, -0.25) is 14.6 Å². The van der Waals surface area contributed by atoms with Gasteiger partial charge < -0.3 is 4.90 Å². The van der Waals surface area contributed by atoms with Gasteiger partial charge in [-0.05, 0) is 25.3 Å². The summed E-state index contributed by atoms with van der Waals surface area (Å²) in [7, 11) is 0. The quantitative estimate of drug-likeness (QED) is 0.847. The summed E-state index contributed by atoms with van der Waals surface area (Å²) < 4.78 is 0. The fourth-order valence-electron chi connectivity index (χ4n) is 3.43. The number of likely N-dealkylation sites (tertiary alicyclic amines) is 1. The molecule has 0 unspecified atom stereocenters. The van der Waals surface area contributed by atoms with Crippen LogP contribution in [-0.4, -0.2) is 66.4 Å². The fourth-order valence-corrected chi connectivity index (χ4v) is 3.43. The fraction of sp³-hybridized carbons (Fsp3) is 0.611. The normalized spacial score (nSPS) is 20.5. The van der Waals surface area contributed by atoms with E-state index in [4.69, 9.17) is 0 Å².